The topological polar surface area (TPSA) is 59.0 Å². The highest BCUT2D eigenvalue weighted by Gasteiger charge is 2.19. The van der Waals surface area contributed by atoms with Gasteiger partial charge in [-0.2, -0.15) is 0 Å². The molecule has 2 atom stereocenters. The molecule has 0 bridgehead atoms. The van der Waals surface area contributed by atoms with Crippen LogP contribution in [-0.4, -0.2) is 55.6 Å². The van der Waals surface area contributed by atoms with E-state index >= 15 is 0 Å². The summed E-state index contributed by atoms with van der Waals surface area (Å²) >= 11 is 0. The minimum atomic E-state index is -1.09. The molecule has 31 heavy (non-hydrogen) atoms. The molecule has 2 unspecified atom stereocenters. The van der Waals surface area contributed by atoms with E-state index in [9.17, 15) is 9.90 Å². The van der Waals surface area contributed by atoms with Crippen molar-refractivity contribution in [1.82, 2.24) is 4.90 Å². The van der Waals surface area contributed by atoms with E-state index in [2.05, 4.69) is 6.92 Å². The Bertz CT molecular complexity index is 388. The molecule has 0 aliphatic rings. The minimum absolute atomic E-state index is 0.354. The zero-order chi connectivity index (χ0) is 23.2. The van der Waals surface area contributed by atoms with Gasteiger partial charge in [0.2, 0.25) is 0 Å². The van der Waals surface area contributed by atoms with Crippen molar-refractivity contribution >= 4 is 5.97 Å². The standard InChI is InChI=1S/C26H53NO4/c1-5-6-7-8-9-10-11-12-13-14-15-16-17-18-19-20-22-30-23-21-25(27(3)4)31-26(29)24(2)28/h24-25,28H,5-23H2,1-4H3. The predicted molar refractivity (Wildman–Crippen MR) is 130 cm³/mol. The fourth-order valence-electron chi connectivity index (χ4n) is 3.69. The lowest BCUT2D eigenvalue weighted by Gasteiger charge is -2.24. The molecule has 0 aromatic rings. The number of nitrogens with zero attached hydrogens (tertiary/aromatic N) is 1. The lowest BCUT2D eigenvalue weighted by molar-refractivity contribution is -0.167. The Morgan fingerprint density at radius 1 is 0.742 bits per heavy atom. The van der Waals surface area contributed by atoms with Gasteiger partial charge in [0.15, 0.2) is 6.23 Å². The highest BCUT2D eigenvalue weighted by Crippen LogP contribution is 2.14. The van der Waals surface area contributed by atoms with E-state index in [4.69, 9.17) is 9.47 Å². The van der Waals surface area contributed by atoms with E-state index in [1.54, 1.807) is 0 Å². The number of carbonyl (C=O) groups is 1. The van der Waals surface area contributed by atoms with E-state index in [1.807, 2.05) is 19.0 Å². The summed E-state index contributed by atoms with van der Waals surface area (Å²) in [5.41, 5.74) is 0. The second-order valence-electron chi connectivity index (χ2n) is 9.24. The van der Waals surface area contributed by atoms with Gasteiger partial charge in [-0.15, -0.1) is 0 Å². The second-order valence-corrected chi connectivity index (χ2v) is 9.24. The number of hydrogen-bond donors (Lipinski definition) is 1. The van der Waals surface area contributed by atoms with Gasteiger partial charge in [-0.1, -0.05) is 103 Å². The van der Waals surface area contributed by atoms with Crippen LogP contribution in [0.15, 0.2) is 0 Å². The molecule has 0 aliphatic heterocycles. The first kappa shape index (κ1) is 30.4. The Balaban J connectivity index is 3.33. The maximum Gasteiger partial charge on any atom is 0.336 e. The molecule has 0 radical (unpaired) electrons. The van der Waals surface area contributed by atoms with E-state index < -0.39 is 12.1 Å². The lowest BCUT2D eigenvalue weighted by Crippen LogP contribution is -2.36. The summed E-state index contributed by atoms with van der Waals surface area (Å²) < 4.78 is 11.0. The van der Waals surface area contributed by atoms with Gasteiger partial charge in [0.05, 0.1) is 6.61 Å². The Morgan fingerprint density at radius 2 is 1.16 bits per heavy atom. The molecule has 0 saturated carbocycles. The van der Waals surface area contributed by atoms with Crippen LogP contribution in [0.5, 0.6) is 0 Å². The van der Waals surface area contributed by atoms with Crippen LogP contribution in [0.1, 0.15) is 123 Å². The summed E-state index contributed by atoms with van der Waals surface area (Å²) in [6.07, 6.45) is 21.1. The maximum absolute atomic E-state index is 11.5. The Morgan fingerprint density at radius 3 is 1.55 bits per heavy atom. The molecular formula is C26H53NO4. The van der Waals surface area contributed by atoms with Crippen molar-refractivity contribution in [2.75, 3.05) is 27.3 Å². The fourth-order valence-corrected chi connectivity index (χ4v) is 3.69. The van der Waals surface area contributed by atoms with Crippen LogP contribution in [0, 0.1) is 0 Å². The van der Waals surface area contributed by atoms with E-state index in [0.717, 1.165) is 13.0 Å². The molecule has 1 N–H and O–H groups in total. The highest BCUT2D eigenvalue weighted by atomic mass is 16.6. The molecule has 0 aromatic carbocycles. The number of aliphatic hydroxyl groups excluding tert-OH is 1. The number of aliphatic hydroxyl groups is 1. The molecular weight excluding hydrogens is 390 g/mol. The van der Waals surface area contributed by atoms with Gasteiger partial charge in [0.1, 0.15) is 6.10 Å². The molecule has 5 nitrogen and oxygen atoms in total. The molecule has 0 rings (SSSR count). The van der Waals surface area contributed by atoms with Crippen molar-refractivity contribution < 1.29 is 19.4 Å². The number of carbonyl (C=O) groups excluding carboxylic acids is 1. The Kier molecular flexibility index (Phi) is 22.1. The molecule has 0 aromatic heterocycles. The predicted octanol–water partition coefficient (Wildman–Crippen LogP) is 6.47. The number of rotatable bonds is 23. The first-order valence-corrected chi connectivity index (χ1v) is 13.1. The van der Waals surface area contributed by atoms with Crippen LogP contribution >= 0.6 is 0 Å². The van der Waals surface area contributed by atoms with Crippen LogP contribution in [0.25, 0.3) is 0 Å². The van der Waals surface area contributed by atoms with Crippen LogP contribution < -0.4 is 0 Å². The maximum atomic E-state index is 11.5. The molecule has 0 saturated heterocycles. The first-order valence-electron chi connectivity index (χ1n) is 13.1. The molecule has 0 heterocycles. The highest BCUT2D eigenvalue weighted by molar-refractivity contribution is 5.73. The molecule has 0 fully saturated rings. The average Bonchev–Trinajstić information content (AvgIpc) is 2.74. The van der Waals surface area contributed by atoms with Gasteiger partial charge in [-0.25, -0.2) is 4.79 Å². The molecule has 0 amide bonds. The van der Waals surface area contributed by atoms with Crippen molar-refractivity contribution in [3.05, 3.63) is 0 Å². The quantitative estimate of drug-likeness (QED) is 0.111. The van der Waals surface area contributed by atoms with Crippen molar-refractivity contribution in [2.24, 2.45) is 0 Å². The second kappa shape index (κ2) is 22.5. The molecule has 0 spiro atoms. The van der Waals surface area contributed by atoms with Crippen LogP contribution in [0.2, 0.25) is 0 Å². The van der Waals surface area contributed by atoms with Crippen LogP contribution in [0.3, 0.4) is 0 Å². The first-order chi connectivity index (χ1) is 15.0. The summed E-state index contributed by atoms with van der Waals surface area (Å²) in [5, 5.41) is 9.26. The van der Waals surface area contributed by atoms with Crippen molar-refractivity contribution in [1.29, 1.82) is 0 Å². The van der Waals surface area contributed by atoms with Gasteiger partial charge in [-0.05, 0) is 27.4 Å². The zero-order valence-corrected chi connectivity index (χ0v) is 21.2. The van der Waals surface area contributed by atoms with E-state index in [-0.39, 0.29) is 6.23 Å². The van der Waals surface area contributed by atoms with Crippen molar-refractivity contribution in [3.63, 3.8) is 0 Å². The molecule has 186 valence electrons. The zero-order valence-electron chi connectivity index (χ0n) is 21.2. The van der Waals surface area contributed by atoms with Gasteiger partial charge >= 0.3 is 5.97 Å². The smallest absolute Gasteiger partial charge is 0.336 e. The van der Waals surface area contributed by atoms with Crippen molar-refractivity contribution in [2.45, 2.75) is 135 Å². The largest absolute Gasteiger partial charge is 0.444 e. The van der Waals surface area contributed by atoms with Crippen LogP contribution in [-0.2, 0) is 14.3 Å². The summed E-state index contributed by atoms with van der Waals surface area (Å²) in [5.74, 6) is -0.587. The fraction of sp³-hybridized carbons (Fsp3) is 0.962. The van der Waals surface area contributed by atoms with Gasteiger partial charge in [-0.3, -0.25) is 4.90 Å². The third kappa shape index (κ3) is 21.0. The summed E-state index contributed by atoms with van der Waals surface area (Å²) in [4.78, 5) is 13.4. The lowest BCUT2D eigenvalue weighted by atomic mass is 10.0. The monoisotopic (exact) mass is 443 g/mol. The summed E-state index contributed by atoms with van der Waals surface area (Å²) in [7, 11) is 3.71. The summed E-state index contributed by atoms with van der Waals surface area (Å²) in [6.45, 7) is 5.03. The normalized spacial score (nSPS) is 13.5. The number of ether oxygens (including phenoxy) is 2. The van der Waals surface area contributed by atoms with Crippen LogP contribution in [0.4, 0.5) is 0 Å². The minimum Gasteiger partial charge on any atom is -0.444 e. The number of hydrogen-bond acceptors (Lipinski definition) is 5. The van der Waals surface area contributed by atoms with Gasteiger partial charge in [0.25, 0.3) is 0 Å². The molecule has 0 aliphatic carbocycles. The van der Waals surface area contributed by atoms with Gasteiger partial charge in [0, 0.05) is 13.0 Å². The Hall–Kier alpha value is -0.650. The SMILES string of the molecule is CCCCCCCCCCCCCCCCCCOCCC(OC(=O)C(C)O)N(C)C. The average molecular weight is 444 g/mol. The van der Waals surface area contributed by atoms with E-state index in [1.165, 1.54) is 103 Å². The third-order valence-electron chi connectivity index (χ3n) is 5.82. The van der Waals surface area contributed by atoms with E-state index in [0.29, 0.717) is 13.0 Å². The summed E-state index contributed by atoms with van der Waals surface area (Å²) in [6, 6.07) is 0. The number of esters is 1. The van der Waals surface area contributed by atoms with Crippen molar-refractivity contribution in [3.8, 4) is 0 Å². The third-order valence-corrected chi connectivity index (χ3v) is 5.82. The Labute approximate surface area is 193 Å². The number of unbranched alkanes of at least 4 members (excludes halogenated alkanes) is 15. The molecule has 5 heteroatoms. The van der Waals surface area contributed by atoms with Gasteiger partial charge < -0.3 is 14.6 Å².